The molecule has 0 aromatic carbocycles. The molecule has 20 heavy (non-hydrogen) atoms. The topological polar surface area (TPSA) is 71.8 Å². The lowest BCUT2D eigenvalue weighted by atomic mass is 9.99. The molecule has 1 saturated heterocycles. The van der Waals surface area contributed by atoms with Crippen molar-refractivity contribution in [1.82, 2.24) is 25.6 Å². The molecule has 2 heterocycles. The zero-order valence-corrected chi connectivity index (χ0v) is 12.4. The van der Waals surface area contributed by atoms with Crippen molar-refractivity contribution in [3.05, 3.63) is 11.9 Å². The summed E-state index contributed by atoms with van der Waals surface area (Å²) in [6, 6.07) is 0.344. The Morgan fingerprint density at radius 1 is 1.55 bits per heavy atom. The van der Waals surface area contributed by atoms with Gasteiger partial charge in [0.2, 0.25) is 0 Å². The third kappa shape index (κ3) is 3.79. The summed E-state index contributed by atoms with van der Waals surface area (Å²) in [5.41, 5.74) is 0.419. The first-order chi connectivity index (χ1) is 9.74. The fraction of sp³-hybridized carbons (Fsp3) is 0.786. The van der Waals surface area contributed by atoms with Gasteiger partial charge in [-0.15, -0.1) is 5.10 Å². The number of carbonyl (C=O) groups excluding carboxylic acids is 1. The van der Waals surface area contributed by atoms with Crippen LogP contribution in [0.25, 0.3) is 0 Å². The Hall–Kier alpha value is -1.43. The predicted molar refractivity (Wildman–Crippen MR) is 77.6 cm³/mol. The van der Waals surface area contributed by atoms with E-state index >= 15 is 0 Å². The van der Waals surface area contributed by atoms with E-state index in [1.807, 2.05) is 0 Å². The minimum atomic E-state index is -0.113. The van der Waals surface area contributed by atoms with Gasteiger partial charge < -0.3 is 10.6 Å². The van der Waals surface area contributed by atoms with Gasteiger partial charge >= 0.3 is 0 Å². The normalized spacial score (nSPS) is 16.7. The summed E-state index contributed by atoms with van der Waals surface area (Å²) in [6.07, 6.45) is 6.44. The van der Waals surface area contributed by atoms with E-state index in [0.717, 1.165) is 26.1 Å². The fourth-order valence-corrected chi connectivity index (χ4v) is 2.29. The molecule has 1 aromatic rings. The van der Waals surface area contributed by atoms with Crippen LogP contribution in [-0.4, -0.2) is 40.5 Å². The molecule has 1 unspecified atom stereocenters. The third-order valence-electron chi connectivity index (χ3n) is 3.97. The van der Waals surface area contributed by atoms with E-state index < -0.39 is 0 Å². The standard InChI is InChI=1S/C14H25N5O/c1-3-5-6-11(4-2)7-16-14(20)13-10-19(18-17-13)12-8-15-9-12/h10-12,15H,3-9H2,1-2H3,(H,16,20). The quantitative estimate of drug-likeness (QED) is 0.754. The molecule has 1 amide bonds. The van der Waals surface area contributed by atoms with Crippen LogP contribution in [-0.2, 0) is 0 Å². The van der Waals surface area contributed by atoms with Crippen molar-refractivity contribution >= 4 is 5.91 Å². The molecule has 1 aliphatic rings. The van der Waals surface area contributed by atoms with E-state index in [4.69, 9.17) is 0 Å². The molecule has 2 N–H and O–H groups in total. The van der Waals surface area contributed by atoms with Gasteiger partial charge in [0.05, 0.1) is 12.2 Å². The van der Waals surface area contributed by atoms with Crippen LogP contribution in [0.5, 0.6) is 0 Å². The van der Waals surface area contributed by atoms with Crippen molar-refractivity contribution in [3.8, 4) is 0 Å². The number of aromatic nitrogens is 3. The van der Waals surface area contributed by atoms with E-state index in [1.54, 1.807) is 10.9 Å². The Morgan fingerprint density at radius 3 is 2.95 bits per heavy atom. The Bertz CT molecular complexity index is 427. The minimum absolute atomic E-state index is 0.113. The van der Waals surface area contributed by atoms with Crippen LogP contribution >= 0.6 is 0 Å². The molecule has 1 aromatic heterocycles. The summed E-state index contributed by atoms with van der Waals surface area (Å²) in [6.45, 7) is 6.90. The average Bonchev–Trinajstić information content (AvgIpc) is 2.86. The largest absolute Gasteiger partial charge is 0.350 e. The second kappa shape index (κ2) is 7.38. The molecule has 1 aliphatic heterocycles. The van der Waals surface area contributed by atoms with Gasteiger partial charge in [-0.25, -0.2) is 4.68 Å². The van der Waals surface area contributed by atoms with Crippen LogP contribution < -0.4 is 10.6 Å². The van der Waals surface area contributed by atoms with E-state index in [2.05, 4.69) is 34.8 Å². The molecule has 6 heteroatoms. The molecule has 0 spiro atoms. The van der Waals surface area contributed by atoms with Gasteiger partial charge in [-0.2, -0.15) is 0 Å². The van der Waals surface area contributed by atoms with Crippen molar-refractivity contribution < 1.29 is 4.79 Å². The Balaban J connectivity index is 1.80. The number of carbonyl (C=O) groups is 1. The monoisotopic (exact) mass is 279 g/mol. The number of hydrogen-bond acceptors (Lipinski definition) is 4. The summed E-state index contributed by atoms with van der Waals surface area (Å²) in [4.78, 5) is 12.0. The lowest BCUT2D eigenvalue weighted by Gasteiger charge is -2.26. The van der Waals surface area contributed by atoms with Crippen LogP contribution in [0.2, 0.25) is 0 Å². The van der Waals surface area contributed by atoms with E-state index in [-0.39, 0.29) is 5.91 Å². The van der Waals surface area contributed by atoms with Crippen molar-refractivity contribution in [1.29, 1.82) is 0 Å². The number of amides is 1. The van der Waals surface area contributed by atoms with E-state index in [1.165, 1.54) is 19.3 Å². The Kier molecular flexibility index (Phi) is 5.52. The first-order valence-corrected chi connectivity index (χ1v) is 7.65. The molecule has 0 radical (unpaired) electrons. The number of hydrogen-bond donors (Lipinski definition) is 2. The number of unbranched alkanes of at least 4 members (excludes halogenated alkanes) is 1. The van der Waals surface area contributed by atoms with Crippen molar-refractivity contribution in [2.24, 2.45) is 5.92 Å². The maximum atomic E-state index is 12.0. The fourth-order valence-electron chi connectivity index (χ4n) is 2.29. The van der Waals surface area contributed by atoms with Gasteiger partial charge in [-0.3, -0.25) is 4.79 Å². The maximum Gasteiger partial charge on any atom is 0.273 e. The molecule has 6 nitrogen and oxygen atoms in total. The summed E-state index contributed by atoms with van der Waals surface area (Å²) >= 11 is 0. The zero-order chi connectivity index (χ0) is 14.4. The van der Waals surface area contributed by atoms with Crippen molar-refractivity contribution in [2.45, 2.75) is 45.6 Å². The maximum absolute atomic E-state index is 12.0. The highest BCUT2D eigenvalue weighted by molar-refractivity contribution is 5.91. The van der Waals surface area contributed by atoms with Gasteiger partial charge in [0.25, 0.3) is 5.91 Å². The lowest BCUT2D eigenvalue weighted by Crippen LogP contribution is -2.43. The van der Waals surface area contributed by atoms with Gasteiger partial charge in [-0.05, 0) is 12.3 Å². The zero-order valence-electron chi connectivity index (χ0n) is 12.4. The highest BCUT2D eigenvalue weighted by Gasteiger charge is 2.21. The van der Waals surface area contributed by atoms with Crippen LogP contribution in [0, 0.1) is 5.92 Å². The van der Waals surface area contributed by atoms with Crippen molar-refractivity contribution in [2.75, 3.05) is 19.6 Å². The Morgan fingerprint density at radius 2 is 2.35 bits per heavy atom. The van der Waals surface area contributed by atoms with Crippen LogP contribution in [0.4, 0.5) is 0 Å². The second-order valence-corrected chi connectivity index (χ2v) is 5.52. The van der Waals surface area contributed by atoms with Gasteiger partial charge in [0.1, 0.15) is 0 Å². The van der Waals surface area contributed by atoms with E-state index in [0.29, 0.717) is 17.7 Å². The summed E-state index contributed by atoms with van der Waals surface area (Å²) in [7, 11) is 0. The van der Waals surface area contributed by atoms with Crippen LogP contribution in [0.1, 0.15) is 56.1 Å². The molecule has 112 valence electrons. The molecule has 0 aliphatic carbocycles. The van der Waals surface area contributed by atoms with Gasteiger partial charge in [0.15, 0.2) is 5.69 Å². The number of rotatable bonds is 8. The highest BCUT2D eigenvalue weighted by atomic mass is 16.2. The molecule has 1 atom stereocenters. The SMILES string of the molecule is CCCCC(CC)CNC(=O)c1cn(C2CNC2)nn1. The van der Waals surface area contributed by atoms with Gasteiger partial charge in [0, 0.05) is 19.6 Å². The molecule has 1 fully saturated rings. The molecule has 0 bridgehead atoms. The summed E-state index contributed by atoms with van der Waals surface area (Å²) in [5, 5.41) is 14.1. The first kappa shape index (κ1) is 15.0. The number of nitrogens with one attached hydrogen (secondary N) is 2. The molecular formula is C14H25N5O. The first-order valence-electron chi connectivity index (χ1n) is 7.65. The summed E-state index contributed by atoms with van der Waals surface area (Å²) in [5.74, 6) is 0.447. The molecular weight excluding hydrogens is 254 g/mol. The van der Waals surface area contributed by atoms with Crippen LogP contribution in [0.15, 0.2) is 6.20 Å². The predicted octanol–water partition coefficient (Wildman–Crippen LogP) is 1.37. The summed E-state index contributed by atoms with van der Waals surface area (Å²) < 4.78 is 1.78. The van der Waals surface area contributed by atoms with Crippen molar-refractivity contribution in [3.63, 3.8) is 0 Å². The second-order valence-electron chi connectivity index (χ2n) is 5.52. The average molecular weight is 279 g/mol. The third-order valence-corrected chi connectivity index (χ3v) is 3.97. The smallest absolute Gasteiger partial charge is 0.273 e. The lowest BCUT2D eigenvalue weighted by molar-refractivity contribution is 0.0940. The molecule has 2 rings (SSSR count). The number of nitrogens with zero attached hydrogens (tertiary/aromatic N) is 3. The highest BCUT2D eigenvalue weighted by Crippen LogP contribution is 2.12. The minimum Gasteiger partial charge on any atom is -0.350 e. The van der Waals surface area contributed by atoms with E-state index in [9.17, 15) is 4.79 Å². The Labute approximate surface area is 120 Å². The molecule has 0 saturated carbocycles. The van der Waals surface area contributed by atoms with Crippen LogP contribution in [0.3, 0.4) is 0 Å². The van der Waals surface area contributed by atoms with Gasteiger partial charge in [-0.1, -0.05) is 38.3 Å².